The summed E-state index contributed by atoms with van der Waals surface area (Å²) in [6, 6.07) is 9.38. The largest absolute Gasteiger partial charge is 0.493 e. The van der Waals surface area contributed by atoms with E-state index in [0.717, 1.165) is 11.3 Å². The Bertz CT molecular complexity index is 769. The molecule has 1 aromatic heterocycles. The predicted molar refractivity (Wildman–Crippen MR) is 87.5 cm³/mol. The number of hydrogen-bond donors (Lipinski definition) is 0. The van der Waals surface area contributed by atoms with Gasteiger partial charge in [0.05, 0.1) is 21.3 Å². The average Bonchev–Trinajstić information content (AvgIpc) is 2.60. The van der Waals surface area contributed by atoms with Crippen molar-refractivity contribution in [2.24, 2.45) is 0 Å². The minimum absolute atomic E-state index is 0.472. The van der Waals surface area contributed by atoms with Crippen LogP contribution in [0.4, 0.5) is 0 Å². The van der Waals surface area contributed by atoms with Crippen molar-refractivity contribution in [3.05, 3.63) is 47.8 Å². The van der Waals surface area contributed by atoms with E-state index in [1.807, 2.05) is 41.1 Å². The molecule has 0 aliphatic rings. The lowest BCUT2D eigenvalue weighted by Crippen LogP contribution is -2.36. The summed E-state index contributed by atoms with van der Waals surface area (Å²) in [7, 11) is 4.72. The molecule has 2 aromatic rings. The number of hydrogen-bond acceptors (Lipinski definition) is 3. The van der Waals surface area contributed by atoms with Gasteiger partial charge in [0.1, 0.15) is 0 Å². The first-order valence-corrected chi connectivity index (χ1v) is 6.97. The van der Waals surface area contributed by atoms with Crippen molar-refractivity contribution >= 4 is 0 Å². The third-order valence-electron chi connectivity index (χ3n) is 3.20. The van der Waals surface area contributed by atoms with E-state index in [9.17, 15) is 0 Å². The Morgan fingerprint density at radius 2 is 1.70 bits per heavy atom. The quantitative estimate of drug-likeness (QED) is 0.640. The number of pyridine rings is 1. The molecule has 0 saturated heterocycles. The maximum atomic E-state index is 5.38. The van der Waals surface area contributed by atoms with Crippen LogP contribution >= 0.6 is 0 Å². The van der Waals surface area contributed by atoms with Gasteiger partial charge < -0.3 is 14.2 Å². The van der Waals surface area contributed by atoms with E-state index in [1.54, 1.807) is 21.3 Å². The number of ether oxygens (including phenoxy) is 3. The molecule has 1 heterocycles. The van der Waals surface area contributed by atoms with Gasteiger partial charge in [0, 0.05) is 23.6 Å². The van der Waals surface area contributed by atoms with E-state index in [2.05, 4.69) is 17.8 Å². The Labute approximate surface area is 136 Å². The number of terminal acetylenes is 1. The van der Waals surface area contributed by atoms with E-state index < -0.39 is 0 Å². The minimum atomic E-state index is 0.472. The van der Waals surface area contributed by atoms with Crippen LogP contribution < -0.4 is 18.8 Å². The maximum Gasteiger partial charge on any atom is 0.258 e. The molecule has 1 aromatic carbocycles. The molecule has 0 atom stereocenters. The van der Waals surface area contributed by atoms with Crippen molar-refractivity contribution in [3.8, 4) is 41.4 Å². The molecule has 0 spiro atoms. The molecule has 23 heavy (non-hydrogen) atoms. The zero-order chi connectivity index (χ0) is 16.7. The average molecular weight is 308 g/mol. The molecule has 0 amide bonds. The lowest BCUT2D eigenvalue weighted by atomic mass is 10.1. The summed E-state index contributed by atoms with van der Waals surface area (Å²) >= 11 is 0. The molecule has 0 aliphatic heterocycles. The van der Waals surface area contributed by atoms with Crippen LogP contribution in [0.15, 0.2) is 36.5 Å². The monoisotopic (exact) mass is 308 g/mol. The van der Waals surface area contributed by atoms with Gasteiger partial charge in [-0.2, -0.15) is 4.57 Å². The summed E-state index contributed by atoms with van der Waals surface area (Å²) in [6.07, 6.45) is 7.28. The van der Waals surface area contributed by atoms with E-state index in [0.29, 0.717) is 23.8 Å². The van der Waals surface area contributed by atoms with Gasteiger partial charge in [-0.3, -0.25) is 0 Å². The highest BCUT2D eigenvalue weighted by Gasteiger charge is 2.12. The first kappa shape index (κ1) is 16.3. The Morgan fingerprint density at radius 1 is 1.00 bits per heavy atom. The van der Waals surface area contributed by atoms with Crippen LogP contribution in [-0.4, -0.2) is 21.3 Å². The van der Waals surface area contributed by atoms with E-state index >= 15 is 0 Å². The Balaban J connectivity index is 2.45. The van der Waals surface area contributed by atoms with E-state index in [1.165, 1.54) is 0 Å². The van der Waals surface area contributed by atoms with Gasteiger partial charge in [-0.25, -0.2) is 0 Å². The van der Waals surface area contributed by atoms with Crippen molar-refractivity contribution in [1.29, 1.82) is 0 Å². The van der Waals surface area contributed by atoms with E-state index in [-0.39, 0.29) is 0 Å². The second kappa shape index (κ2) is 7.77. The topological polar surface area (TPSA) is 31.6 Å². The molecule has 116 valence electrons. The fraction of sp³-hybridized carbons (Fsp3) is 0.211. The summed E-state index contributed by atoms with van der Waals surface area (Å²) in [6.45, 7) is 0.472. The molecule has 0 unspecified atom stereocenters. The lowest BCUT2D eigenvalue weighted by molar-refractivity contribution is -0.687. The van der Waals surface area contributed by atoms with Gasteiger partial charge in [0.25, 0.3) is 5.69 Å². The molecule has 0 radical (unpaired) electrons. The standard InChI is InChI=1S/C19H18NO3/c1-5-11-20-12-7-6-8-16(20)10-9-15-13-17(21-2)19(23-4)18(14-15)22-3/h1,6-8,12-14H,11H2,2-4H3/q+1. The highest BCUT2D eigenvalue weighted by Crippen LogP contribution is 2.37. The summed E-state index contributed by atoms with van der Waals surface area (Å²) in [5.74, 6) is 10.5. The molecule has 2 rings (SSSR count). The van der Waals surface area contributed by atoms with Gasteiger partial charge in [-0.15, -0.1) is 6.42 Å². The van der Waals surface area contributed by atoms with Crippen LogP contribution in [0.2, 0.25) is 0 Å². The highest BCUT2D eigenvalue weighted by atomic mass is 16.5. The zero-order valence-corrected chi connectivity index (χ0v) is 13.4. The third kappa shape index (κ3) is 3.75. The first-order chi connectivity index (χ1) is 11.2. The normalized spacial score (nSPS) is 9.30. The van der Waals surface area contributed by atoms with Gasteiger partial charge in [-0.05, 0) is 24.1 Å². The SMILES string of the molecule is C#CC[n+]1ccccc1C#Cc1cc(OC)c(OC)c(OC)c1. The third-order valence-corrected chi connectivity index (χ3v) is 3.20. The highest BCUT2D eigenvalue weighted by molar-refractivity contribution is 5.57. The first-order valence-electron chi connectivity index (χ1n) is 6.97. The van der Waals surface area contributed by atoms with Gasteiger partial charge in [-0.1, -0.05) is 5.92 Å². The fourth-order valence-corrected chi connectivity index (χ4v) is 2.12. The van der Waals surface area contributed by atoms with Gasteiger partial charge in [0.15, 0.2) is 17.7 Å². The van der Waals surface area contributed by atoms with Gasteiger partial charge in [0.2, 0.25) is 12.3 Å². The Hall–Kier alpha value is -3.11. The van der Waals surface area contributed by atoms with Crippen LogP contribution in [-0.2, 0) is 6.54 Å². The number of rotatable bonds is 4. The lowest BCUT2D eigenvalue weighted by Gasteiger charge is -2.12. The molecule has 0 fully saturated rings. The smallest absolute Gasteiger partial charge is 0.258 e. The number of nitrogens with zero attached hydrogens (tertiary/aromatic N) is 1. The zero-order valence-electron chi connectivity index (χ0n) is 13.4. The summed E-state index contributed by atoms with van der Waals surface area (Å²) < 4.78 is 17.9. The summed E-state index contributed by atoms with van der Waals surface area (Å²) in [5.41, 5.74) is 1.59. The molecule has 0 aliphatic carbocycles. The van der Waals surface area contributed by atoms with Crippen molar-refractivity contribution < 1.29 is 18.8 Å². The molecular weight excluding hydrogens is 290 g/mol. The van der Waals surface area contributed by atoms with Crippen molar-refractivity contribution in [3.63, 3.8) is 0 Å². The van der Waals surface area contributed by atoms with Gasteiger partial charge >= 0.3 is 0 Å². The van der Waals surface area contributed by atoms with Crippen molar-refractivity contribution in [1.82, 2.24) is 0 Å². The number of aromatic nitrogens is 1. The molecule has 0 N–H and O–H groups in total. The Kier molecular flexibility index (Phi) is 5.50. The molecular formula is C19H18NO3+. The number of methoxy groups -OCH3 is 3. The molecule has 4 heteroatoms. The molecule has 4 nitrogen and oxygen atoms in total. The van der Waals surface area contributed by atoms with Crippen LogP contribution in [0, 0.1) is 24.2 Å². The van der Waals surface area contributed by atoms with Crippen molar-refractivity contribution in [2.75, 3.05) is 21.3 Å². The van der Waals surface area contributed by atoms with E-state index in [4.69, 9.17) is 20.6 Å². The summed E-state index contributed by atoms with van der Waals surface area (Å²) in [4.78, 5) is 0. The summed E-state index contributed by atoms with van der Waals surface area (Å²) in [5, 5.41) is 0. The van der Waals surface area contributed by atoms with Crippen LogP contribution in [0.1, 0.15) is 11.3 Å². The fourth-order valence-electron chi connectivity index (χ4n) is 2.12. The maximum absolute atomic E-state index is 5.38. The van der Waals surface area contributed by atoms with Crippen LogP contribution in [0.5, 0.6) is 17.2 Å². The van der Waals surface area contributed by atoms with Crippen LogP contribution in [0.3, 0.4) is 0 Å². The molecule has 0 saturated carbocycles. The molecule has 0 bridgehead atoms. The van der Waals surface area contributed by atoms with Crippen LogP contribution in [0.25, 0.3) is 0 Å². The number of benzene rings is 1. The second-order valence-corrected chi connectivity index (χ2v) is 4.58. The second-order valence-electron chi connectivity index (χ2n) is 4.58. The van der Waals surface area contributed by atoms with Crippen molar-refractivity contribution in [2.45, 2.75) is 6.54 Å². The minimum Gasteiger partial charge on any atom is -0.493 e. The Morgan fingerprint density at radius 3 is 2.26 bits per heavy atom. The predicted octanol–water partition coefficient (Wildman–Crippen LogP) is 2.03.